The van der Waals surface area contributed by atoms with Crippen LogP contribution in [0.1, 0.15) is 15.9 Å². The molecule has 2 heterocycles. The molecule has 0 saturated heterocycles. The summed E-state index contributed by atoms with van der Waals surface area (Å²) in [5, 5.41) is 9.51. The molecule has 0 bridgehead atoms. The van der Waals surface area contributed by atoms with Crippen LogP contribution in [0.25, 0.3) is 11.3 Å². The number of aryl methyl sites for hydroxylation is 1. The van der Waals surface area contributed by atoms with Crippen LogP contribution in [0.5, 0.6) is 0 Å². The maximum atomic E-state index is 12.6. The van der Waals surface area contributed by atoms with Crippen LogP contribution in [-0.4, -0.2) is 22.1 Å². The van der Waals surface area contributed by atoms with Crippen molar-refractivity contribution < 1.29 is 4.79 Å². The number of thiazole rings is 1. The molecule has 4 aromatic rings. The van der Waals surface area contributed by atoms with Gasteiger partial charge in [0.05, 0.1) is 11.3 Å². The van der Waals surface area contributed by atoms with Gasteiger partial charge in [-0.05, 0) is 55.1 Å². The van der Waals surface area contributed by atoms with E-state index in [0.29, 0.717) is 15.7 Å². The lowest BCUT2D eigenvalue weighted by molar-refractivity contribution is 0.102. The second kappa shape index (κ2) is 9.11. The Kier molecular flexibility index (Phi) is 6.11. The zero-order chi connectivity index (χ0) is 20.9. The molecule has 0 radical (unpaired) electrons. The van der Waals surface area contributed by atoms with Crippen molar-refractivity contribution in [2.75, 3.05) is 16.9 Å². The molecule has 30 heavy (non-hydrogen) atoms. The number of carbonyl (C=O) groups excluding carboxylic acids is 1. The number of carbonyl (C=O) groups is 1. The van der Waals surface area contributed by atoms with E-state index in [4.69, 9.17) is 0 Å². The summed E-state index contributed by atoms with van der Waals surface area (Å²) in [6, 6.07) is 19.8. The molecule has 0 atom stereocenters. The summed E-state index contributed by atoms with van der Waals surface area (Å²) in [6.07, 6.45) is 3.58. The Morgan fingerprint density at radius 3 is 2.63 bits per heavy atom. The number of nitrogens with zero attached hydrogens (tertiary/aromatic N) is 2. The van der Waals surface area contributed by atoms with Gasteiger partial charge < -0.3 is 5.32 Å². The third-order valence-electron chi connectivity index (χ3n) is 4.40. The largest absolute Gasteiger partial charge is 0.356 e. The predicted octanol–water partition coefficient (Wildman–Crippen LogP) is 6.23. The van der Waals surface area contributed by atoms with Crippen molar-refractivity contribution >= 4 is 45.5 Å². The minimum absolute atomic E-state index is 0.205. The molecule has 2 N–H and O–H groups in total. The van der Waals surface area contributed by atoms with Crippen molar-refractivity contribution in [2.24, 2.45) is 0 Å². The summed E-state index contributed by atoms with van der Waals surface area (Å²) < 4.78 is 0. The monoisotopic (exact) mass is 432 g/mol. The van der Waals surface area contributed by atoms with E-state index in [2.05, 4.69) is 45.7 Å². The van der Waals surface area contributed by atoms with Crippen LogP contribution in [-0.2, 0) is 0 Å². The quantitative estimate of drug-likeness (QED) is 0.354. The van der Waals surface area contributed by atoms with Crippen LogP contribution in [0, 0.1) is 6.92 Å². The fourth-order valence-corrected chi connectivity index (χ4v) is 4.26. The number of pyridine rings is 1. The molecular weight excluding hydrogens is 412 g/mol. The zero-order valence-electron chi connectivity index (χ0n) is 16.5. The molecule has 0 aliphatic rings. The zero-order valence-corrected chi connectivity index (χ0v) is 18.2. The Morgan fingerprint density at radius 1 is 1.03 bits per heavy atom. The molecule has 0 aliphatic carbocycles. The maximum Gasteiger partial charge on any atom is 0.260 e. The minimum atomic E-state index is -0.205. The number of amides is 1. The minimum Gasteiger partial charge on any atom is -0.356 e. The summed E-state index contributed by atoms with van der Waals surface area (Å²) in [5.74, 6) is -0.205. The normalized spacial score (nSPS) is 10.6. The molecule has 0 unspecified atom stereocenters. The summed E-state index contributed by atoms with van der Waals surface area (Å²) in [7, 11) is 0. The molecule has 0 saturated carbocycles. The first kappa shape index (κ1) is 20.1. The molecule has 0 aliphatic heterocycles. The Labute approximate surface area is 183 Å². The molecule has 4 rings (SSSR count). The summed E-state index contributed by atoms with van der Waals surface area (Å²) in [6.45, 7) is 2.07. The van der Waals surface area contributed by atoms with Gasteiger partial charge in [0.1, 0.15) is 5.03 Å². The van der Waals surface area contributed by atoms with Crippen molar-refractivity contribution in [1.29, 1.82) is 0 Å². The van der Waals surface area contributed by atoms with Gasteiger partial charge in [0.15, 0.2) is 5.13 Å². The van der Waals surface area contributed by atoms with Gasteiger partial charge in [0.2, 0.25) is 0 Å². The molecule has 150 valence electrons. The molecule has 2 aromatic carbocycles. The lowest BCUT2D eigenvalue weighted by Gasteiger charge is -2.08. The highest BCUT2D eigenvalue weighted by Crippen LogP contribution is 2.29. The van der Waals surface area contributed by atoms with E-state index < -0.39 is 0 Å². The Morgan fingerprint density at radius 2 is 1.83 bits per heavy atom. The number of rotatable bonds is 6. The van der Waals surface area contributed by atoms with E-state index in [1.54, 1.807) is 18.3 Å². The summed E-state index contributed by atoms with van der Waals surface area (Å²) >= 11 is 2.85. The number of hydrogen-bond donors (Lipinski definition) is 2. The van der Waals surface area contributed by atoms with Gasteiger partial charge in [0.25, 0.3) is 5.91 Å². The number of benzene rings is 2. The first-order chi connectivity index (χ1) is 14.6. The highest BCUT2D eigenvalue weighted by atomic mass is 32.2. The Balaban J connectivity index is 1.50. The molecule has 5 nitrogen and oxygen atoms in total. The summed E-state index contributed by atoms with van der Waals surface area (Å²) in [5.41, 5.74) is 5.58. The van der Waals surface area contributed by atoms with Crippen LogP contribution in [0.3, 0.4) is 0 Å². The standard InChI is InChI=1S/C23H20N4OS2/c1-15-6-3-8-17(12-15)25-18-9-4-7-16(13-18)20-14-30-23(26-20)27-21(28)19-10-5-11-24-22(19)29-2/h3-14,25H,1-2H3,(H,26,27,28). The van der Waals surface area contributed by atoms with Gasteiger partial charge in [-0.25, -0.2) is 9.97 Å². The van der Waals surface area contributed by atoms with Crippen molar-refractivity contribution in [3.8, 4) is 11.3 Å². The fraction of sp³-hybridized carbons (Fsp3) is 0.0870. The first-order valence-electron chi connectivity index (χ1n) is 9.32. The van der Waals surface area contributed by atoms with Crippen molar-refractivity contribution in [2.45, 2.75) is 11.9 Å². The van der Waals surface area contributed by atoms with Crippen molar-refractivity contribution in [3.05, 3.63) is 83.4 Å². The highest BCUT2D eigenvalue weighted by Gasteiger charge is 2.14. The van der Waals surface area contributed by atoms with Gasteiger partial charge in [-0.3, -0.25) is 10.1 Å². The molecule has 0 fully saturated rings. The second-order valence-electron chi connectivity index (χ2n) is 6.63. The third-order valence-corrected chi connectivity index (χ3v) is 5.87. The molecular formula is C23H20N4OS2. The van der Waals surface area contributed by atoms with Crippen molar-refractivity contribution in [3.63, 3.8) is 0 Å². The van der Waals surface area contributed by atoms with Crippen LogP contribution in [0.4, 0.5) is 16.5 Å². The Hall–Kier alpha value is -3.16. The van der Waals surface area contributed by atoms with E-state index in [9.17, 15) is 4.79 Å². The van der Waals surface area contributed by atoms with Crippen LogP contribution in [0.15, 0.2) is 77.3 Å². The molecule has 0 spiro atoms. The average molecular weight is 433 g/mol. The summed E-state index contributed by atoms with van der Waals surface area (Å²) in [4.78, 5) is 21.5. The van der Waals surface area contributed by atoms with Gasteiger partial charge >= 0.3 is 0 Å². The molecule has 1 amide bonds. The maximum absolute atomic E-state index is 12.6. The predicted molar refractivity (Wildman–Crippen MR) is 126 cm³/mol. The van der Waals surface area contributed by atoms with E-state index in [0.717, 1.165) is 22.6 Å². The number of hydrogen-bond acceptors (Lipinski definition) is 6. The lowest BCUT2D eigenvalue weighted by atomic mass is 10.1. The Bertz CT molecular complexity index is 1190. The smallest absolute Gasteiger partial charge is 0.260 e. The van der Waals surface area contributed by atoms with Crippen LogP contribution >= 0.6 is 23.1 Å². The molecule has 2 aromatic heterocycles. The second-order valence-corrected chi connectivity index (χ2v) is 8.28. The van der Waals surface area contributed by atoms with E-state index >= 15 is 0 Å². The van der Waals surface area contributed by atoms with Gasteiger partial charge in [0, 0.05) is 28.5 Å². The van der Waals surface area contributed by atoms with Crippen molar-refractivity contribution in [1.82, 2.24) is 9.97 Å². The van der Waals surface area contributed by atoms with Crippen LogP contribution in [0.2, 0.25) is 0 Å². The number of nitrogens with one attached hydrogen (secondary N) is 2. The molecule has 7 heteroatoms. The SMILES string of the molecule is CSc1ncccc1C(=O)Nc1nc(-c2cccc(Nc3cccc(C)c3)c2)cs1. The first-order valence-corrected chi connectivity index (χ1v) is 11.4. The topological polar surface area (TPSA) is 66.9 Å². The number of anilines is 3. The highest BCUT2D eigenvalue weighted by molar-refractivity contribution is 7.98. The lowest BCUT2D eigenvalue weighted by Crippen LogP contribution is -2.13. The average Bonchev–Trinajstić information content (AvgIpc) is 3.22. The van der Waals surface area contributed by atoms with E-state index in [1.165, 1.54) is 28.7 Å². The van der Waals surface area contributed by atoms with Gasteiger partial charge in [-0.1, -0.05) is 24.3 Å². The van der Waals surface area contributed by atoms with E-state index in [1.807, 2.05) is 42.0 Å². The van der Waals surface area contributed by atoms with Gasteiger partial charge in [-0.2, -0.15) is 0 Å². The van der Waals surface area contributed by atoms with Crippen LogP contribution < -0.4 is 10.6 Å². The number of thioether (sulfide) groups is 1. The van der Waals surface area contributed by atoms with Gasteiger partial charge in [-0.15, -0.1) is 23.1 Å². The third kappa shape index (κ3) is 4.69. The fourth-order valence-electron chi connectivity index (χ4n) is 3.00. The number of aromatic nitrogens is 2. The van der Waals surface area contributed by atoms with E-state index in [-0.39, 0.29) is 5.91 Å².